The van der Waals surface area contributed by atoms with Gasteiger partial charge in [0, 0.05) is 16.8 Å². The zero-order valence-corrected chi connectivity index (χ0v) is 13.9. The second-order valence-electron chi connectivity index (χ2n) is 4.61. The topological polar surface area (TPSA) is 75.3 Å². The van der Waals surface area contributed by atoms with Gasteiger partial charge < -0.3 is 5.32 Å². The van der Waals surface area contributed by atoms with E-state index in [9.17, 15) is 13.2 Å². The first kappa shape index (κ1) is 17.2. The van der Waals surface area contributed by atoms with Gasteiger partial charge in [-0.05, 0) is 55.1 Å². The number of nitrogens with one attached hydrogen (secondary N) is 2. The molecule has 0 aliphatic carbocycles. The van der Waals surface area contributed by atoms with E-state index in [0.717, 1.165) is 5.56 Å². The molecule has 0 spiro atoms. The highest BCUT2D eigenvalue weighted by Crippen LogP contribution is 2.14. The van der Waals surface area contributed by atoms with Crippen molar-refractivity contribution in [1.29, 1.82) is 0 Å². The maximum Gasteiger partial charge on any atom is 0.248 e. The Labute approximate surface area is 140 Å². The molecular formula is C16H15ClN2O3S. The fourth-order valence-electron chi connectivity index (χ4n) is 1.80. The lowest BCUT2D eigenvalue weighted by atomic mass is 10.2. The Morgan fingerprint density at radius 2 is 1.83 bits per heavy atom. The number of rotatable bonds is 5. The molecule has 0 bridgehead atoms. The summed E-state index contributed by atoms with van der Waals surface area (Å²) in [5, 5.41) is 3.24. The number of anilines is 1. The van der Waals surface area contributed by atoms with E-state index in [1.807, 2.05) is 6.07 Å². The summed E-state index contributed by atoms with van der Waals surface area (Å²) < 4.78 is 25.4. The van der Waals surface area contributed by atoms with E-state index in [2.05, 4.69) is 10.0 Å². The molecule has 2 rings (SSSR count). The second kappa shape index (κ2) is 7.41. The number of benzene rings is 2. The highest BCUT2D eigenvalue weighted by molar-refractivity contribution is 7.89. The number of carbonyl (C=O) groups excluding carboxylic acids is 1. The van der Waals surface area contributed by atoms with E-state index < -0.39 is 10.0 Å². The van der Waals surface area contributed by atoms with Crippen molar-refractivity contribution >= 4 is 39.3 Å². The van der Waals surface area contributed by atoms with Crippen LogP contribution in [-0.2, 0) is 14.8 Å². The molecule has 2 aromatic carbocycles. The van der Waals surface area contributed by atoms with Gasteiger partial charge in [-0.3, -0.25) is 4.79 Å². The highest BCUT2D eigenvalue weighted by atomic mass is 35.5. The molecule has 0 heterocycles. The number of amides is 1. The Hall–Kier alpha value is -2.15. The van der Waals surface area contributed by atoms with Gasteiger partial charge in [0.15, 0.2) is 0 Å². The van der Waals surface area contributed by atoms with Crippen LogP contribution in [-0.4, -0.2) is 21.4 Å². The van der Waals surface area contributed by atoms with Crippen molar-refractivity contribution in [2.24, 2.45) is 0 Å². The van der Waals surface area contributed by atoms with Crippen LogP contribution >= 0.6 is 11.6 Å². The van der Waals surface area contributed by atoms with E-state index in [0.29, 0.717) is 10.7 Å². The molecule has 1 amide bonds. The SMILES string of the molecule is CNS(=O)(=O)c1ccc(NC(=O)/C=C/c2cccc(Cl)c2)cc1. The molecule has 0 saturated carbocycles. The lowest BCUT2D eigenvalue weighted by Gasteiger charge is -2.05. The van der Waals surface area contributed by atoms with Gasteiger partial charge in [-0.15, -0.1) is 0 Å². The van der Waals surface area contributed by atoms with E-state index in [1.54, 1.807) is 24.3 Å². The number of hydrogen-bond donors (Lipinski definition) is 2. The highest BCUT2D eigenvalue weighted by Gasteiger charge is 2.10. The number of hydrogen-bond acceptors (Lipinski definition) is 3. The van der Waals surface area contributed by atoms with Crippen LogP contribution in [0.25, 0.3) is 6.08 Å². The zero-order valence-electron chi connectivity index (χ0n) is 12.3. The Morgan fingerprint density at radius 3 is 2.43 bits per heavy atom. The molecule has 0 saturated heterocycles. The Morgan fingerprint density at radius 1 is 1.13 bits per heavy atom. The molecule has 7 heteroatoms. The molecule has 23 heavy (non-hydrogen) atoms. The van der Waals surface area contributed by atoms with Crippen molar-refractivity contribution in [2.45, 2.75) is 4.90 Å². The van der Waals surface area contributed by atoms with Gasteiger partial charge in [0.25, 0.3) is 0 Å². The standard InChI is InChI=1S/C16H15ClN2O3S/c1-18-23(21,22)15-8-6-14(7-9-15)19-16(20)10-5-12-3-2-4-13(17)11-12/h2-11,18H,1H3,(H,19,20)/b10-5+. The van der Waals surface area contributed by atoms with Crippen LogP contribution in [0.4, 0.5) is 5.69 Å². The molecule has 0 aliphatic rings. The first-order chi connectivity index (χ1) is 10.9. The van der Waals surface area contributed by atoms with Crippen LogP contribution in [0, 0.1) is 0 Å². The smallest absolute Gasteiger partial charge is 0.248 e. The summed E-state index contributed by atoms with van der Waals surface area (Å²) in [6.45, 7) is 0. The van der Waals surface area contributed by atoms with Gasteiger partial charge >= 0.3 is 0 Å². The summed E-state index contributed by atoms with van der Waals surface area (Å²) in [6.07, 6.45) is 3.02. The van der Waals surface area contributed by atoms with Crippen LogP contribution in [0.1, 0.15) is 5.56 Å². The van der Waals surface area contributed by atoms with E-state index >= 15 is 0 Å². The molecule has 0 radical (unpaired) electrons. The van der Waals surface area contributed by atoms with Gasteiger partial charge in [0.1, 0.15) is 0 Å². The maximum atomic E-state index is 11.8. The van der Waals surface area contributed by atoms with E-state index in [-0.39, 0.29) is 10.8 Å². The largest absolute Gasteiger partial charge is 0.323 e. The van der Waals surface area contributed by atoms with E-state index in [1.165, 1.54) is 37.4 Å². The summed E-state index contributed by atoms with van der Waals surface area (Å²) in [7, 11) is -2.14. The fraction of sp³-hybridized carbons (Fsp3) is 0.0625. The molecule has 0 aromatic heterocycles. The lowest BCUT2D eigenvalue weighted by Crippen LogP contribution is -2.18. The molecule has 5 nitrogen and oxygen atoms in total. The minimum atomic E-state index is -3.48. The van der Waals surface area contributed by atoms with Crippen molar-refractivity contribution in [3.05, 3.63) is 65.2 Å². The number of carbonyl (C=O) groups is 1. The second-order valence-corrected chi connectivity index (χ2v) is 6.93. The Kier molecular flexibility index (Phi) is 5.54. The minimum absolute atomic E-state index is 0.132. The van der Waals surface area contributed by atoms with Crippen LogP contribution in [0.2, 0.25) is 5.02 Å². The quantitative estimate of drug-likeness (QED) is 0.814. The average Bonchev–Trinajstić information content (AvgIpc) is 2.53. The molecular weight excluding hydrogens is 336 g/mol. The van der Waals surface area contributed by atoms with Crippen LogP contribution < -0.4 is 10.0 Å². The molecule has 0 fully saturated rings. The summed E-state index contributed by atoms with van der Waals surface area (Å²) >= 11 is 5.86. The third-order valence-electron chi connectivity index (χ3n) is 2.98. The van der Waals surface area contributed by atoms with Crippen molar-refractivity contribution in [2.75, 3.05) is 12.4 Å². The first-order valence-corrected chi connectivity index (χ1v) is 8.55. The molecule has 0 atom stereocenters. The number of halogens is 1. The molecule has 0 unspecified atom stereocenters. The molecule has 2 N–H and O–H groups in total. The number of sulfonamides is 1. The third kappa shape index (κ3) is 4.92. The van der Waals surface area contributed by atoms with Crippen LogP contribution in [0.15, 0.2) is 59.5 Å². The minimum Gasteiger partial charge on any atom is -0.323 e. The summed E-state index contributed by atoms with van der Waals surface area (Å²) in [6, 6.07) is 13.0. The fourth-order valence-corrected chi connectivity index (χ4v) is 2.73. The van der Waals surface area contributed by atoms with Crippen molar-refractivity contribution in [1.82, 2.24) is 4.72 Å². The summed E-state index contributed by atoms with van der Waals surface area (Å²) in [5.74, 6) is -0.325. The van der Waals surface area contributed by atoms with Gasteiger partial charge in [-0.1, -0.05) is 23.7 Å². The Balaban J connectivity index is 2.03. The van der Waals surface area contributed by atoms with Gasteiger partial charge in [0.05, 0.1) is 4.90 Å². The predicted octanol–water partition coefficient (Wildman–Crippen LogP) is 2.90. The van der Waals surface area contributed by atoms with Crippen LogP contribution in [0.5, 0.6) is 0 Å². The van der Waals surface area contributed by atoms with Gasteiger partial charge in [0.2, 0.25) is 15.9 Å². The zero-order chi connectivity index (χ0) is 16.9. The normalized spacial score (nSPS) is 11.6. The summed E-state index contributed by atoms with van der Waals surface area (Å²) in [5.41, 5.74) is 1.31. The van der Waals surface area contributed by atoms with Crippen molar-refractivity contribution < 1.29 is 13.2 Å². The average molecular weight is 351 g/mol. The van der Waals surface area contributed by atoms with Crippen molar-refractivity contribution in [3.8, 4) is 0 Å². The monoisotopic (exact) mass is 350 g/mol. The van der Waals surface area contributed by atoms with Gasteiger partial charge in [-0.25, -0.2) is 13.1 Å². The van der Waals surface area contributed by atoms with Gasteiger partial charge in [-0.2, -0.15) is 0 Å². The third-order valence-corrected chi connectivity index (χ3v) is 4.64. The Bertz CT molecular complexity index is 831. The first-order valence-electron chi connectivity index (χ1n) is 6.69. The molecule has 2 aromatic rings. The summed E-state index contributed by atoms with van der Waals surface area (Å²) in [4.78, 5) is 12.0. The van der Waals surface area contributed by atoms with Crippen molar-refractivity contribution in [3.63, 3.8) is 0 Å². The van der Waals surface area contributed by atoms with E-state index in [4.69, 9.17) is 11.6 Å². The molecule has 120 valence electrons. The maximum absolute atomic E-state index is 11.8. The predicted molar refractivity (Wildman–Crippen MR) is 91.8 cm³/mol. The van der Waals surface area contributed by atoms with Crippen LogP contribution in [0.3, 0.4) is 0 Å². The molecule has 0 aliphatic heterocycles. The lowest BCUT2D eigenvalue weighted by molar-refractivity contribution is -0.111.